The van der Waals surface area contributed by atoms with E-state index in [1.807, 2.05) is 13.8 Å². The number of ether oxygens (including phenoxy) is 1. The smallest absolute Gasteiger partial charge is 0.255 e. The molecule has 0 radical (unpaired) electrons. The fraction of sp³-hybridized carbons (Fsp3) is 0.667. The number of H-pyrrole nitrogens is 1. The summed E-state index contributed by atoms with van der Waals surface area (Å²) in [6.45, 7) is 6.29. The van der Waals surface area contributed by atoms with Gasteiger partial charge in [-0.3, -0.25) is 9.89 Å². The average molecular weight is 239 g/mol. The van der Waals surface area contributed by atoms with E-state index in [0.29, 0.717) is 12.2 Å². The molecule has 0 bridgehead atoms. The Morgan fingerprint density at radius 2 is 2.24 bits per heavy atom. The summed E-state index contributed by atoms with van der Waals surface area (Å²) in [5.74, 6) is -0.0794. The van der Waals surface area contributed by atoms with Crippen molar-refractivity contribution in [1.29, 1.82) is 0 Å². The zero-order valence-corrected chi connectivity index (χ0v) is 11.0. The number of aromatic nitrogens is 2. The van der Waals surface area contributed by atoms with Crippen molar-refractivity contribution in [3.63, 3.8) is 0 Å². The van der Waals surface area contributed by atoms with Crippen LogP contribution in [-0.4, -0.2) is 35.9 Å². The van der Waals surface area contributed by atoms with Crippen molar-refractivity contribution in [2.45, 2.75) is 39.7 Å². The van der Waals surface area contributed by atoms with Gasteiger partial charge in [0, 0.05) is 12.8 Å². The zero-order valence-electron chi connectivity index (χ0n) is 11.0. The molecule has 1 heterocycles. The van der Waals surface area contributed by atoms with Crippen molar-refractivity contribution in [3.8, 4) is 0 Å². The first-order valence-corrected chi connectivity index (χ1v) is 5.91. The second kappa shape index (κ2) is 6.39. The second-order valence-corrected chi connectivity index (χ2v) is 4.22. The van der Waals surface area contributed by atoms with Crippen LogP contribution in [0.1, 0.15) is 41.5 Å². The molecule has 0 aromatic carbocycles. The molecular weight excluding hydrogens is 218 g/mol. The minimum atomic E-state index is -0.0794. The van der Waals surface area contributed by atoms with Crippen LogP contribution in [0, 0.1) is 13.8 Å². The van der Waals surface area contributed by atoms with E-state index in [2.05, 4.69) is 22.4 Å². The van der Waals surface area contributed by atoms with Crippen molar-refractivity contribution in [2.24, 2.45) is 0 Å². The van der Waals surface area contributed by atoms with Gasteiger partial charge in [0.25, 0.3) is 5.91 Å². The maximum absolute atomic E-state index is 12.1. The third kappa shape index (κ3) is 3.56. The van der Waals surface area contributed by atoms with Crippen molar-refractivity contribution < 1.29 is 9.53 Å². The van der Waals surface area contributed by atoms with Crippen LogP contribution in [0.4, 0.5) is 0 Å². The molecule has 0 saturated heterocycles. The molecule has 1 atom stereocenters. The summed E-state index contributed by atoms with van der Waals surface area (Å²) in [5.41, 5.74) is 2.17. The lowest BCUT2D eigenvalue weighted by molar-refractivity contribution is 0.0890. The maximum atomic E-state index is 12.1. The molecule has 0 aliphatic rings. The Balaban J connectivity index is 2.70. The molecule has 2 N–H and O–H groups in total. The number of carbonyl (C=O) groups excluding carboxylic acids is 1. The predicted octanol–water partition coefficient (Wildman–Crippen LogP) is 1.57. The highest BCUT2D eigenvalue weighted by atomic mass is 16.5. The Hall–Kier alpha value is -1.36. The number of nitrogens with one attached hydrogen (secondary N) is 2. The number of rotatable bonds is 6. The van der Waals surface area contributed by atoms with Gasteiger partial charge in [-0.15, -0.1) is 0 Å². The van der Waals surface area contributed by atoms with Gasteiger partial charge >= 0.3 is 0 Å². The molecule has 17 heavy (non-hydrogen) atoms. The molecule has 0 aliphatic heterocycles. The first kappa shape index (κ1) is 13.7. The largest absolute Gasteiger partial charge is 0.383 e. The lowest BCUT2D eigenvalue weighted by atomic mass is 10.1. The summed E-state index contributed by atoms with van der Waals surface area (Å²) >= 11 is 0. The van der Waals surface area contributed by atoms with E-state index in [4.69, 9.17) is 4.74 Å². The highest BCUT2D eigenvalue weighted by Gasteiger charge is 2.18. The molecule has 1 unspecified atom stereocenters. The first-order valence-electron chi connectivity index (χ1n) is 5.91. The lowest BCUT2D eigenvalue weighted by Crippen LogP contribution is -2.38. The minimum absolute atomic E-state index is 0.0613. The molecule has 5 nitrogen and oxygen atoms in total. The van der Waals surface area contributed by atoms with Crippen LogP contribution in [0.3, 0.4) is 0 Å². The monoisotopic (exact) mass is 239 g/mol. The molecular formula is C12H21N3O2. The maximum Gasteiger partial charge on any atom is 0.255 e. The van der Waals surface area contributed by atoms with E-state index in [0.717, 1.165) is 24.2 Å². The Morgan fingerprint density at radius 3 is 2.71 bits per heavy atom. The Kier molecular flexibility index (Phi) is 5.15. The molecule has 0 fully saturated rings. The van der Waals surface area contributed by atoms with Gasteiger partial charge in [0.2, 0.25) is 0 Å². The summed E-state index contributed by atoms with van der Waals surface area (Å²) in [4.78, 5) is 12.1. The number of carbonyl (C=O) groups is 1. The van der Waals surface area contributed by atoms with E-state index < -0.39 is 0 Å². The first-order chi connectivity index (χ1) is 8.10. The predicted molar refractivity (Wildman–Crippen MR) is 66.1 cm³/mol. The number of amides is 1. The molecule has 1 rings (SSSR count). The highest BCUT2D eigenvalue weighted by molar-refractivity contribution is 5.96. The van der Waals surface area contributed by atoms with Gasteiger partial charge in [-0.05, 0) is 20.3 Å². The van der Waals surface area contributed by atoms with E-state index in [1.54, 1.807) is 7.11 Å². The molecule has 1 amide bonds. The van der Waals surface area contributed by atoms with Gasteiger partial charge in [-0.2, -0.15) is 5.10 Å². The molecule has 5 heteroatoms. The third-order valence-corrected chi connectivity index (χ3v) is 2.70. The summed E-state index contributed by atoms with van der Waals surface area (Å²) in [6.07, 6.45) is 1.92. The third-order valence-electron chi connectivity index (χ3n) is 2.70. The Morgan fingerprint density at radius 1 is 1.53 bits per heavy atom. The fourth-order valence-corrected chi connectivity index (χ4v) is 1.89. The van der Waals surface area contributed by atoms with E-state index in [-0.39, 0.29) is 11.9 Å². The Labute approximate surface area is 102 Å². The second-order valence-electron chi connectivity index (χ2n) is 4.22. The number of methoxy groups -OCH3 is 1. The van der Waals surface area contributed by atoms with Crippen molar-refractivity contribution in [3.05, 3.63) is 17.0 Å². The molecule has 0 saturated carbocycles. The number of hydrogen-bond donors (Lipinski definition) is 2. The fourth-order valence-electron chi connectivity index (χ4n) is 1.89. The quantitative estimate of drug-likeness (QED) is 0.792. The van der Waals surface area contributed by atoms with Crippen molar-refractivity contribution in [1.82, 2.24) is 15.5 Å². The summed E-state index contributed by atoms with van der Waals surface area (Å²) in [6, 6.07) is 0.0613. The van der Waals surface area contributed by atoms with Crippen molar-refractivity contribution >= 4 is 5.91 Å². The topological polar surface area (TPSA) is 67.0 Å². The molecule has 96 valence electrons. The summed E-state index contributed by atoms with van der Waals surface area (Å²) < 4.78 is 5.10. The van der Waals surface area contributed by atoms with Gasteiger partial charge in [0.1, 0.15) is 0 Å². The normalized spacial score (nSPS) is 12.5. The van der Waals surface area contributed by atoms with Gasteiger partial charge in [0.15, 0.2) is 0 Å². The highest BCUT2D eigenvalue weighted by Crippen LogP contribution is 2.10. The van der Waals surface area contributed by atoms with Gasteiger partial charge < -0.3 is 10.1 Å². The standard InChI is InChI=1S/C12H21N3O2/c1-5-6-10(7-17-4)13-12(16)11-8(2)14-15-9(11)3/h10H,5-7H2,1-4H3,(H,13,16)(H,14,15). The number of aryl methyl sites for hydroxylation is 2. The summed E-state index contributed by atoms with van der Waals surface area (Å²) in [7, 11) is 1.64. The zero-order chi connectivity index (χ0) is 12.8. The number of hydrogen-bond acceptors (Lipinski definition) is 3. The number of nitrogens with zero attached hydrogens (tertiary/aromatic N) is 1. The molecule has 1 aromatic heterocycles. The average Bonchev–Trinajstić information content (AvgIpc) is 2.59. The van der Waals surface area contributed by atoms with Gasteiger partial charge in [0.05, 0.1) is 23.9 Å². The Bertz CT molecular complexity index is 348. The van der Waals surface area contributed by atoms with Crippen LogP contribution < -0.4 is 5.32 Å². The lowest BCUT2D eigenvalue weighted by Gasteiger charge is -2.17. The van der Waals surface area contributed by atoms with Crippen LogP contribution in [-0.2, 0) is 4.74 Å². The SMILES string of the molecule is CCCC(COC)NC(=O)c1c(C)n[nH]c1C. The minimum Gasteiger partial charge on any atom is -0.383 e. The number of aromatic amines is 1. The molecule has 1 aromatic rings. The van der Waals surface area contributed by atoms with E-state index in [9.17, 15) is 4.79 Å². The van der Waals surface area contributed by atoms with Crippen molar-refractivity contribution in [2.75, 3.05) is 13.7 Å². The van der Waals surface area contributed by atoms with Crippen LogP contribution >= 0.6 is 0 Å². The van der Waals surface area contributed by atoms with Gasteiger partial charge in [-0.25, -0.2) is 0 Å². The molecule has 0 spiro atoms. The van der Waals surface area contributed by atoms with Crippen LogP contribution in [0.2, 0.25) is 0 Å². The van der Waals surface area contributed by atoms with Crippen LogP contribution in [0.15, 0.2) is 0 Å². The van der Waals surface area contributed by atoms with E-state index >= 15 is 0 Å². The molecule has 0 aliphatic carbocycles. The summed E-state index contributed by atoms with van der Waals surface area (Å²) in [5, 5.41) is 9.81. The van der Waals surface area contributed by atoms with Crippen LogP contribution in [0.25, 0.3) is 0 Å². The van der Waals surface area contributed by atoms with Crippen LogP contribution in [0.5, 0.6) is 0 Å². The van der Waals surface area contributed by atoms with Gasteiger partial charge in [-0.1, -0.05) is 13.3 Å². The van der Waals surface area contributed by atoms with E-state index in [1.165, 1.54) is 0 Å².